The predicted molar refractivity (Wildman–Crippen MR) is 65.0 cm³/mol. The van der Waals surface area contributed by atoms with Crippen molar-refractivity contribution in [3.63, 3.8) is 0 Å². The Balaban J connectivity index is 2.65. The number of ether oxygens (including phenoxy) is 1. The second-order valence-corrected chi connectivity index (χ2v) is 3.27. The maximum absolute atomic E-state index is 11.3. The van der Waals surface area contributed by atoms with Crippen molar-refractivity contribution in [3.05, 3.63) is 24.3 Å². The summed E-state index contributed by atoms with van der Waals surface area (Å²) in [6.45, 7) is -0.00684. The highest BCUT2D eigenvalue weighted by molar-refractivity contribution is 5.93. The number of urea groups is 1. The van der Waals surface area contributed by atoms with Crippen LogP contribution < -0.4 is 16.0 Å². The lowest BCUT2D eigenvalue weighted by molar-refractivity contribution is -0.119. The number of benzene rings is 1. The second kappa shape index (κ2) is 6.49. The number of amides is 3. The highest BCUT2D eigenvalue weighted by Gasteiger charge is 2.03. The van der Waals surface area contributed by atoms with E-state index in [0.717, 1.165) is 0 Å². The van der Waals surface area contributed by atoms with Crippen LogP contribution in [0.2, 0.25) is 0 Å². The molecule has 0 spiro atoms. The molecule has 0 aliphatic rings. The Hall–Kier alpha value is -2.08. The summed E-state index contributed by atoms with van der Waals surface area (Å²) in [4.78, 5) is 22.4. The maximum atomic E-state index is 11.3. The van der Waals surface area contributed by atoms with E-state index in [0.29, 0.717) is 11.4 Å². The van der Waals surface area contributed by atoms with Gasteiger partial charge >= 0.3 is 6.03 Å². The molecule has 0 saturated carbocycles. The third-order valence-corrected chi connectivity index (χ3v) is 1.91. The summed E-state index contributed by atoms with van der Waals surface area (Å²) in [6, 6.07) is 6.52. The van der Waals surface area contributed by atoms with Gasteiger partial charge in [0.25, 0.3) is 0 Å². The molecular formula is C11H15N3O3. The number of carbonyl (C=O) groups is 2. The first-order valence-corrected chi connectivity index (χ1v) is 5.03. The highest BCUT2D eigenvalue weighted by Crippen LogP contribution is 2.14. The molecule has 6 heteroatoms. The zero-order valence-electron chi connectivity index (χ0n) is 9.74. The predicted octanol–water partition coefficient (Wildman–Crippen LogP) is 1.02. The molecule has 17 heavy (non-hydrogen) atoms. The van der Waals surface area contributed by atoms with E-state index in [1.165, 1.54) is 14.2 Å². The monoisotopic (exact) mass is 237 g/mol. The molecule has 92 valence electrons. The third kappa shape index (κ3) is 4.52. The molecule has 0 unspecified atom stereocenters. The van der Waals surface area contributed by atoms with E-state index in [9.17, 15) is 9.59 Å². The van der Waals surface area contributed by atoms with E-state index < -0.39 is 0 Å². The number of hydrogen-bond donors (Lipinski definition) is 3. The topological polar surface area (TPSA) is 79.5 Å². The van der Waals surface area contributed by atoms with Crippen LogP contribution in [0.1, 0.15) is 0 Å². The van der Waals surface area contributed by atoms with E-state index in [1.54, 1.807) is 24.3 Å². The first-order chi connectivity index (χ1) is 8.15. The summed E-state index contributed by atoms with van der Waals surface area (Å²) in [6.07, 6.45) is 0. The van der Waals surface area contributed by atoms with Crippen LogP contribution in [-0.2, 0) is 9.53 Å². The lowest BCUT2D eigenvalue weighted by atomic mass is 10.2. The summed E-state index contributed by atoms with van der Waals surface area (Å²) < 4.78 is 4.70. The van der Waals surface area contributed by atoms with Gasteiger partial charge in [0.2, 0.25) is 5.91 Å². The molecule has 0 aromatic heterocycles. The Morgan fingerprint density at radius 1 is 1.24 bits per heavy atom. The van der Waals surface area contributed by atoms with Gasteiger partial charge in [-0.3, -0.25) is 4.79 Å². The summed E-state index contributed by atoms with van der Waals surface area (Å²) in [7, 11) is 2.97. The largest absolute Gasteiger partial charge is 0.375 e. The molecule has 0 heterocycles. The van der Waals surface area contributed by atoms with Gasteiger partial charge in [0, 0.05) is 25.5 Å². The normalized spacial score (nSPS) is 9.53. The van der Waals surface area contributed by atoms with Crippen LogP contribution in [0.4, 0.5) is 16.2 Å². The van der Waals surface area contributed by atoms with Crippen LogP contribution in [0.15, 0.2) is 24.3 Å². The van der Waals surface area contributed by atoms with Gasteiger partial charge in [-0.1, -0.05) is 6.07 Å². The molecule has 1 rings (SSSR count). The zero-order chi connectivity index (χ0) is 12.7. The van der Waals surface area contributed by atoms with Gasteiger partial charge in [0.05, 0.1) is 0 Å². The van der Waals surface area contributed by atoms with E-state index in [1.807, 2.05) is 0 Å². The minimum absolute atomic E-state index is 0.00684. The molecule has 3 amide bonds. The van der Waals surface area contributed by atoms with Crippen LogP contribution in [0.3, 0.4) is 0 Å². The SMILES string of the molecule is CNC(=O)Nc1cccc(NC(=O)COC)c1. The molecule has 0 fully saturated rings. The summed E-state index contributed by atoms with van der Waals surface area (Å²) in [5.74, 6) is -0.246. The lowest BCUT2D eigenvalue weighted by Gasteiger charge is -2.08. The Morgan fingerprint density at radius 2 is 1.88 bits per heavy atom. The number of carbonyl (C=O) groups excluding carboxylic acids is 2. The fourth-order valence-corrected chi connectivity index (χ4v) is 1.20. The number of hydrogen-bond acceptors (Lipinski definition) is 3. The van der Waals surface area contributed by atoms with Crippen molar-refractivity contribution in [1.29, 1.82) is 0 Å². The summed E-state index contributed by atoms with van der Waals surface area (Å²) in [5, 5.41) is 7.68. The number of rotatable bonds is 4. The van der Waals surface area contributed by atoms with E-state index >= 15 is 0 Å². The molecule has 0 aliphatic heterocycles. The Bertz CT molecular complexity index is 407. The van der Waals surface area contributed by atoms with E-state index in [2.05, 4.69) is 16.0 Å². The molecule has 3 N–H and O–H groups in total. The van der Waals surface area contributed by atoms with E-state index in [4.69, 9.17) is 4.74 Å². The standard InChI is InChI=1S/C11H15N3O3/c1-12-11(16)14-9-5-3-4-8(6-9)13-10(15)7-17-2/h3-6H,7H2,1-2H3,(H,13,15)(H2,12,14,16). The van der Waals surface area contributed by atoms with Crippen LogP contribution in [-0.4, -0.2) is 32.7 Å². The van der Waals surface area contributed by atoms with Crippen LogP contribution in [0.25, 0.3) is 0 Å². The van der Waals surface area contributed by atoms with Crippen LogP contribution >= 0.6 is 0 Å². The second-order valence-electron chi connectivity index (χ2n) is 3.27. The van der Waals surface area contributed by atoms with Gasteiger partial charge in [-0.25, -0.2) is 4.79 Å². The Labute approximate surface area is 99.3 Å². The van der Waals surface area contributed by atoms with Crippen molar-refractivity contribution >= 4 is 23.3 Å². The number of methoxy groups -OCH3 is 1. The van der Waals surface area contributed by atoms with Crippen molar-refractivity contribution in [2.45, 2.75) is 0 Å². The fraction of sp³-hybridized carbons (Fsp3) is 0.273. The number of anilines is 2. The maximum Gasteiger partial charge on any atom is 0.318 e. The summed E-state index contributed by atoms with van der Waals surface area (Å²) in [5.41, 5.74) is 1.19. The first kappa shape index (κ1) is 13.0. The number of nitrogens with one attached hydrogen (secondary N) is 3. The average Bonchev–Trinajstić information content (AvgIpc) is 2.29. The van der Waals surface area contributed by atoms with E-state index in [-0.39, 0.29) is 18.5 Å². The van der Waals surface area contributed by atoms with Crippen LogP contribution in [0.5, 0.6) is 0 Å². The zero-order valence-corrected chi connectivity index (χ0v) is 9.74. The molecular weight excluding hydrogens is 222 g/mol. The van der Waals surface area contributed by atoms with Crippen molar-refractivity contribution in [2.75, 3.05) is 31.4 Å². The minimum atomic E-state index is -0.314. The Morgan fingerprint density at radius 3 is 2.47 bits per heavy atom. The molecule has 0 radical (unpaired) electrons. The van der Waals surface area contributed by atoms with Gasteiger partial charge < -0.3 is 20.7 Å². The van der Waals surface area contributed by atoms with Gasteiger partial charge in [-0.2, -0.15) is 0 Å². The lowest BCUT2D eigenvalue weighted by Crippen LogP contribution is -2.24. The minimum Gasteiger partial charge on any atom is -0.375 e. The quantitative estimate of drug-likeness (QED) is 0.731. The molecule has 0 atom stereocenters. The molecule has 1 aromatic rings. The smallest absolute Gasteiger partial charge is 0.318 e. The molecule has 1 aromatic carbocycles. The molecule has 0 aliphatic carbocycles. The van der Waals surface area contributed by atoms with Crippen molar-refractivity contribution in [3.8, 4) is 0 Å². The molecule has 6 nitrogen and oxygen atoms in total. The van der Waals surface area contributed by atoms with Gasteiger partial charge in [0.1, 0.15) is 6.61 Å². The molecule has 0 bridgehead atoms. The van der Waals surface area contributed by atoms with Crippen molar-refractivity contribution in [1.82, 2.24) is 5.32 Å². The first-order valence-electron chi connectivity index (χ1n) is 5.03. The highest BCUT2D eigenvalue weighted by atomic mass is 16.5. The van der Waals surface area contributed by atoms with Gasteiger partial charge in [0.15, 0.2) is 0 Å². The third-order valence-electron chi connectivity index (χ3n) is 1.91. The van der Waals surface area contributed by atoms with Gasteiger partial charge in [-0.05, 0) is 18.2 Å². The van der Waals surface area contributed by atoms with Crippen LogP contribution in [0, 0.1) is 0 Å². The molecule has 0 saturated heterocycles. The van der Waals surface area contributed by atoms with Crippen molar-refractivity contribution < 1.29 is 14.3 Å². The summed E-state index contributed by atoms with van der Waals surface area (Å²) >= 11 is 0. The Kier molecular flexibility index (Phi) is 4.96. The van der Waals surface area contributed by atoms with Crippen molar-refractivity contribution in [2.24, 2.45) is 0 Å². The fourth-order valence-electron chi connectivity index (χ4n) is 1.20. The average molecular weight is 237 g/mol. The van der Waals surface area contributed by atoms with Gasteiger partial charge in [-0.15, -0.1) is 0 Å².